The van der Waals surface area contributed by atoms with Gasteiger partial charge < -0.3 is 9.47 Å². The summed E-state index contributed by atoms with van der Waals surface area (Å²) in [6.07, 6.45) is 0. The van der Waals surface area contributed by atoms with Gasteiger partial charge in [-0.15, -0.1) is 0 Å². The molecule has 5 heteroatoms. The van der Waals surface area contributed by atoms with Crippen LogP contribution >= 0.6 is 15.9 Å². The molecule has 4 nitrogen and oxygen atoms in total. The van der Waals surface area contributed by atoms with E-state index >= 15 is 0 Å². The summed E-state index contributed by atoms with van der Waals surface area (Å²) in [5.41, 5.74) is 0.602. The maximum atomic E-state index is 11.3. The lowest BCUT2D eigenvalue weighted by molar-refractivity contribution is -0.138. The number of hydrogen-bond donors (Lipinski definition) is 0. The lowest BCUT2D eigenvalue weighted by atomic mass is 10.2. The molecule has 1 aromatic carbocycles. The molecule has 0 aliphatic heterocycles. The molecule has 0 N–H and O–H groups in total. The molecule has 94 valence electrons. The number of carbonyl (C=O) groups is 1. The van der Waals surface area contributed by atoms with E-state index in [2.05, 4.69) is 22.5 Å². The maximum absolute atomic E-state index is 11.3. The van der Waals surface area contributed by atoms with E-state index in [0.29, 0.717) is 17.9 Å². The van der Waals surface area contributed by atoms with Gasteiger partial charge >= 0.3 is 5.97 Å². The van der Waals surface area contributed by atoms with Gasteiger partial charge in [0.15, 0.2) is 0 Å². The molecule has 0 saturated heterocycles. The van der Waals surface area contributed by atoms with Crippen LogP contribution in [-0.4, -0.2) is 19.2 Å². The Morgan fingerprint density at radius 3 is 2.89 bits per heavy atom. The molecule has 0 unspecified atom stereocenters. The third-order valence-corrected chi connectivity index (χ3v) is 2.52. The van der Waals surface area contributed by atoms with Crippen LogP contribution in [0.5, 0.6) is 5.75 Å². The third kappa shape index (κ3) is 3.90. The number of ether oxygens (including phenoxy) is 2. The first kappa shape index (κ1) is 14.3. The predicted molar refractivity (Wildman–Crippen MR) is 70.1 cm³/mol. The Hall–Kier alpha value is -1.80. The summed E-state index contributed by atoms with van der Waals surface area (Å²) < 4.78 is 10.9. The molecule has 0 saturated carbocycles. The Labute approximate surface area is 114 Å². The van der Waals surface area contributed by atoms with Gasteiger partial charge in [-0.1, -0.05) is 22.5 Å². The van der Waals surface area contributed by atoms with E-state index < -0.39 is 5.97 Å². The molecule has 0 spiro atoms. The molecule has 0 atom stereocenters. The minimum atomic E-state index is -0.492. The van der Waals surface area contributed by atoms with Crippen molar-refractivity contribution in [2.24, 2.45) is 0 Å². The van der Waals surface area contributed by atoms with Crippen molar-refractivity contribution in [2.45, 2.75) is 6.92 Å². The molecule has 18 heavy (non-hydrogen) atoms. The van der Waals surface area contributed by atoms with Crippen molar-refractivity contribution < 1.29 is 14.3 Å². The lowest BCUT2D eigenvalue weighted by Gasteiger charge is -2.09. The van der Waals surface area contributed by atoms with Gasteiger partial charge in [0.05, 0.1) is 17.7 Å². The molecule has 1 rings (SSSR count). The number of esters is 1. The fraction of sp³-hybridized carbons (Fsp3) is 0.231. The van der Waals surface area contributed by atoms with E-state index in [0.717, 1.165) is 4.47 Å². The molecule has 1 aromatic rings. The summed E-state index contributed by atoms with van der Waals surface area (Å²) in [5.74, 6) is -0.0840. The zero-order valence-corrected chi connectivity index (χ0v) is 11.5. The van der Waals surface area contributed by atoms with E-state index in [1.165, 1.54) is 0 Å². The highest BCUT2D eigenvalue weighted by Gasteiger charge is 2.10. The highest BCUT2D eigenvalue weighted by Crippen LogP contribution is 2.22. The van der Waals surface area contributed by atoms with Crippen LogP contribution in [0.1, 0.15) is 12.5 Å². The normalized spacial score (nSPS) is 9.39. The zero-order chi connectivity index (χ0) is 13.5. The van der Waals surface area contributed by atoms with Crippen LogP contribution in [0.4, 0.5) is 0 Å². The van der Waals surface area contributed by atoms with Crippen molar-refractivity contribution in [3.05, 3.63) is 40.4 Å². The zero-order valence-electron chi connectivity index (χ0n) is 9.90. The number of nitrogens with zero attached hydrogens (tertiary/aromatic N) is 1. The first-order valence-corrected chi connectivity index (χ1v) is 6.05. The van der Waals surface area contributed by atoms with Crippen LogP contribution < -0.4 is 4.74 Å². The fourth-order valence-corrected chi connectivity index (χ4v) is 1.53. The Bertz CT molecular complexity index is 505. The van der Waals surface area contributed by atoms with Crippen molar-refractivity contribution in [2.75, 3.05) is 13.2 Å². The predicted octanol–water partition coefficient (Wildman–Crippen LogP) is 2.82. The molecule has 0 bridgehead atoms. The van der Waals surface area contributed by atoms with Crippen LogP contribution in [0, 0.1) is 11.3 Å². The maximum Gasteiger partial charge on any atom is 0.336 e. The molecular formula is C13H12BrNO3. The monoisotopic (exact) mass is 309 g/mol. The van der Waals surface area contributed by atoms with Gasteiger partial charge in [0.1, 0.15) is 18.4 Å². The summed E-state index contributed by atoms with van der Waals surface area (Å²) in [4.78, 5) is 11.3. The van der Waals surface area contributed by atoms with Gasteiger partial charge in [-0.3, -0.25) is 0 Å². The fourth-order valence-electron chi connectivity index (χ4n) is 1.17. The quantitative estimate of drug-likeness (QED) is 0.620. The first-order valence-electron chi connectivity index (χ1n) is 5.25. The van der Waals surface area contributed by atoms with Crippen LogP contribution in [0.25, 0.3) is 0 Å². The SMILES string of the molecule is C=C(COc1ccc(Br)cc1C#N)C(=O)OCC. The highest BCUT2D eigenvalue weighted by molar-refractivity contribution is 9.10. The van der Waals surface area contributed by atoms with Crippen LogP contribution in [0.15, 0.2) is 34.8 Å². The van der Waals surface area contributed by atoms with Crippen molar-refractivity contribution >= 4 is 21.9 Å². The number of halogens is 1. The Kier molecular flexibility index (Phi) is 5.40. The standard InChI is InChI=1S/C13H12BrNO3/c1-3-17-13(16)9(2)8-18-12-5-4-11(14)6-10(12)7-15/h4-6H,2-3,8H2,1H3. The first-order chi connectivity index (χ1) is 8.58. The highest BCUT2D eigenvalue weighted by atomic mass is 79.9. The summed E-state index contributed by atoms with van der Waals surface area (Å²) in [5, 5.41) is 8.94. The summed E-state index contributed by atoms with van der Waals surface area (Å²) in [6.45, 7) is 5.57. The number of benzene rings is 1. The molecule has 0 aliphatic carbocycles. The molecule has 0 fully saturated rings. The van der Waals surface area contributed by atoms with Gasteiger partial charge in [-0.2, -0.15) is 5.26 Å². The van der Waals surface area contributed by atoms with E-state index in [9.17, 15) is 4.79 Å². The van der Waals surface area contributed by atoms with Crippen molar-refractivity contribution in [3.63, 3.8) is 0 Å². The van der Waals surface area contributed by atoms with Gasteiger partial charge in [0.2, 0.25) is 0 Å². The Balaban J connectivity index is 2.67. The van der Waals surface area contributed by atoms with E-state index in [1.54, 1.807) is 25.1 Å². The van der Waals surface area contributed by atoms with E-state index in [4.69, 9.17) is 14.7 Å². The average molecular weight is 310 g/mol. The number of hydrogen-bond acceptors (Lipinski definition) is 4. The Morgan fingerprint density at radius 1 is 1.56 bits per heavy atom. The van der Waals surface area contributed by atoms with Gasteiger partial charge in [0.25, 0.3) is 0 Å². The van der Waals surface area contributed by atoms with Gasteiger partial charge in [-0.05, 0) is 25.1 Å². The molecule has 0 radical (unpaired) electrons. The molecule has 0 heterocycles. The van der Waals surface area contributed by atoms with Crippen molar-refractivity contribution in [1.29, 1.82) is 5.26 Å². The van der Waals surface area contributed by atoms with E-state index in [-0.39, 0.29) is 12.2 Å². The van der Waals surface area contributed by atoms with Crippen molar-refractivity contribution in [3.8, 4) is 11.8 Å². The Morgan fingerprint density at radius 2 is 2.28 bits per heavy atom. The molecule has 0 amide bonds. The van der Waals surface area contributed by atoms with E-state index in [1.807, 2.05) is 6.07 Å². The summed E-state index contributed by atoms with van der Waals surface area (Å²) in [7, 11) is 0. The van der Waals surface area contributed by atoms with Crippen molar-refractivity contribution in [1.82, 2.24) is 0 Å². The van der Waals surface area contributed by atoms with Crippen LogP contribution in [0.2, 0.25) is 0 Å². The van der Waals surface area contributed by atoms with Gasteiger partial charge in [-0.25, -0.2) is 4.79 Å². The molecule has 0 aromatic heterocycles. The van der Waals surface area contributed by atoms with Gasteiger partial charge in [0, 0.05) is 4.47 Å². The van der Waals surface area contributed by atoms with Crippen LogP contribution in [0.3, 0.4) is 0 Å². The lowest BCUT2D eigenvalue weighted by Crippen LogP contribution is -2.13. The number of rotatable bonds is 5. The number of carbonyl (C=O) groups excluding carboxylic acids is 1. The minimum absolute atomic E-state index is 0.00482. The second-order valence-electron chi connectivity index (χ2n) is 3.36. The smallest absolute Gasteiger partial charge is 0.336 e. The minimum Gasteiger partial charge on any atom is -0.487 e. The summed E-state index contributed by atoms with van der Waals surface area (Å²) >= 11 is 3.26. The summed E-state index contributed by atoms with van der Waals surface area (Å²) in [6, 6.07) is 7.06. The average Bonchev–Trinajstić information content (AvgIpc) is 2.37. The molecule has 0 aliphatic rings. The second kappa shape index (κ2) is 6.82. The third-order valence-electron chi connectivity index (χ3n) is 2.03. The second-order valence-corrected chi connectivity index (χ2v) is 4.28. The largest absolute Gasteiger partial charge is 0.487 e. The number of nitriles is 1. The molecular weight excluding hydrogens is 298 g/mol. The topological polar surface area (TPSA) is 59.3 Å². The van der Waals surface area contributed by atoms with Crippen LogP contribution in [-0.2, 0) is 9.53 Å².